The second-order valence-electron chi connectivity index (χ2n) is 12.1. The van der Waals surface area contributed by atoms with Gasteiger partial charge in [-0.3, -0.25) is 14.5 Å². The molecule has 0 aliphatic heterocycles. The summed E-state index contributed by atoms with van der Waals surface area (Å²) in [6, 6.07) is 15.1. The number of aromatic nitrogens is 4. The number of rotatable bonds is 19. The number of fused-ring (bicyclic) bond motifs is 1. The molecule has 2 heterocycles. The van der Waals surface area contributed by atoms with Crippen molar-refractivity contribution in [1.29, 1.82) is 0 Å². The molecule has 8 nitrogen and oxygen atoms in total. The van der Waals surface area contributed by atoms with Crippen LogP contribution in [0.25, 0.3) is 10.9 Å². The number of hydrogen-bond acceptors (Lipinski definition) is 7. The molecule has 0 amide bonds. The normalized spacial score (nSPS) is 12.9. The molecule has 2 aliphatic rings. The Morgan fingerprint density at radius 2 is 1.73 bits per heavy atom. The third-order valence-corrected chi connectivity index (χ3v) is 8.41. The number of nitrogens with zero attached hydrogens (tertiary/aromatic N) is 4. The van der Waals surface area contributed by atoms with Crippen molar-refractivity contribution in [3.63, 3.8) is 0 Å². The van der Waals surface area contributed by atoms with E-state index >= 15 is 0 Å². The van der Waals surface area contributed by atoms with Crippen molar-refractivity contribution in [1.82, 2.24) is 20.0 Å². The van der Waals surface area contributed by atoms with E-state index in [-0.39, 0.29) is 22.9 Å². The SMILES string of the molecule is C1=CCC=C1.O=C(/C=C/C1=CCC=C1)c1ccc(OCCCCCCCCn2cc(COCCNc3ccnc4cc(Cl)ccc34)nn2)cc1.[Fe+2]. The van der Waals surface area contributed by atoms with Gasteiger partial charge in [0.15, 0.2) is 5.78 Å². The average molecular weight is 748 g/mol. The Morgan fingerprint density at radius 1 is 0.922 bits per heavy atom. The van der Waals surface area contributed by atoms with E-state index in [1.54, 1.807) is 12.3 Å². The Morgan fingerprint density at radius 3 is 2.49 bits per heavy atom. The first-order valence-corrected chi connectivity index (χ1v) is 17.9. The molecule has 266 valence electrons. The maximum absolute atomic E-state index is 12.3. The minimum atomic E-state index is 0. The molecule has 2 aromatic carbocycles. The largest absolute Gasteiger partial charge is 2.00 e. The van der Waals surface area contributed by atoms with Crippen LogP contribution in [0.5, 0.6) is 5.75 Å². The van der Waals surface area contributed by atoms with E-state index in [9.17, 15) is 4.79 Å². The number of aryl methyl sites for hydroxylation is 1. The monoisotopic (exact) mass is 747 g/mol. The van der Waals surface area contributed by atoms with Crippen LogP contribution in [0.4, 0.5) is 5.69 Å². The summed E-state index contributed by atoms with van der Waals surface area (Å²) in [4.78, 5) is 16.7. The van der Waals surface area contributed by atoms with Gasteiger partial charge in [0, 0.05) is 40.9 Å². The number of allylic oxidation sites excluding steroid dienone is 10. The van der Waals surface area contributed by atoms with Crippen LogP contribution < -0.4 is 10.1 Å². The molecule has 10 heteroatoms. The Hall–Kier alpha value is -4.27. The van der Waals surface area contributed by atoms with E-state index in [0.29, 0.717) is 37.0 Å². The summed E-state index contributed by atoms with van der Waals surface area (Å²) in [5.74, 6) is 0.805. The molecular formula is C41H46ClFeN5O3+2. The molecule has 2 aromatic heterocycles. The summed E-state index contributed by atoms with van der Waals surface area (Å²) < 4.78 is 13.6. The van der Waals surface area contributed by atoms with Crippen LogP contribution in [-0.4, -0.2) is 45.5 Å². The molecule has 1 N–H and O–H groups in total. The van der Waals surface area contributed by atoms with Gasteiger partial charge in [-0.15, -0.1) is 5.10 Å². The smallest absolute Gasteiger partial charge is 0.494 e. The summed E-state index contributed by atoms with van der Waals surface area (Å²) in [7, 11) is 0. The van der Waals surface area contributed by atoms with Crippen LogP contribution in [0.2, 0.25) is 5.02 Å². The fraction of sp³-hybridized carbons (Fsp3) is 0.317. The third-order valence-electron chi connectivity index (χ3n) is 8.17. The van der Waals surface area contributed by atoms with Gasteiger partial charge in [0.05, 0.1) is 31.5 Å². The van der Waals surface area contributed by atoms with Crippen LogP contribution in [0, 0.1) is 0 Å². The second-order valence-corrected chi connectivity index (χ2v) is 12.5. The van der Waals surface area contributed by atoms with Crippen LogP contribution in [-0.2, 0) is 35.0 Å². The molecule has 0 unspecified atom stereocenters. The Labute approximate surface area is 316 Å². The first-order chi connectivity index (χ1) is 24.6. The van der Waals surface area contributed by atoms with Crippen molar-refractivity contribution in [3.05, 3.63) is 137 Å². The topological polar surface area (TPSA) is 91.2 Å². The molecule has 51 heavy (non-hydrogen) atoms. The van der Waals surface area contributed by atoms with E-state index in [4.69, 9.17) is 21.1 Å². The fourth-order valence-corrected chi connectivity index (χ4v) is 5.64. The number of nitrogens with one attached hydrogen (secondary N) is 1. The number of anilines is 1. The zero-order valence-corrected chi connectivity index (χ0v) is 30.8. The average Bonchev–Trinajstić information content (AvgIpc) is 3.96. The first kappa shape index (κ1) is 39.5. The summed E-state index contributed by atoms with van der Waals surface area (Å²) in [6.07, 6.45) is 30.6. The molecule has 0 spiro atoms. The van der Waals surface area contributed by atoms with Gasteiger partial charge in [-0.1, -0.05) is 91.1 Å². The van der Waals surface area contributed by atoms with Gasteiger partial charge >= 0.3 is 17.1 Å². The number of halogens is 1. The Balaban J connectivity index is 0.000000894. The fourth-order valence-electron chi connectivity index (χ4n) is 5.47. The van der Waals surface area contributed by atoms with Crippen molar-refractivity contribution in [2.75, 3.05) is 25.1 Å². The molecule has 0 saturated carbocycles. The molecule has 4 aromatic rings. The van der Waals surface area contributed by atoms with Crippen molar-refractivity contribution in [3.8, 4) is 5.75 Å². The number of ketones is 1. The van der Waals surface area contributed by atoms with Gasteiger partial charge in [0.1, 0.15) is 11.4 Å². The standard InChI is InChI=1S/C36H40ClN5O3.C5H6.Fe/c37-30-14-17-33-34(19-20-38-35(33)25-30)39-21-24-44-27-31-26-42(41-40-31)22-7-3-1-2-4-8-23-45-32-15-12-29(13-16-32)36(43)18-11-28-9-5-6-10-28;1-2-4-5-3-1;/h5,9-20,25-26H,1-4,6-8,21-24,27H2,(H,38,39);1-4H,5H2;/q;;+2/b18-11+;;. The summed E-state index contributed by atoms with van der Waals surface area (Å²) in [6.45, 7) is 3.21. The molecule has 6 rings (SSSR count). The maximum atomic E-state index is 12.3. The Bertz CT molecular complexity index is 1800. The summed E-state index contributed by atoms with van der Waals surface area (Å²) in [5, 5.41) is 13.6. The zero-order chi connectivity index (χ0) is 34.6. The number of carbonyl (C=O) groups excluding carboxylic acids is 1. The minimum Gasteiger partial charge on any atom is -0.494 e. The first-order valence-electron chi connectivity index (χ1n) is 17.5. The number of pyridine rings is 1. The van der Waals surface area contributed by atoms with Gasteiger partial charge < -0.3 is 14.8 Å². The quantitative estimate of drug-likeness (QED) is 0.0442. The van der Waals surface area contributed by atoms with Crippen molar-refractivity contribution < 1.29 is 31.3 Å². The van der Waals surface area contributed by atoms with E-state index in [2.05, 4.69) is 57.1 Å². The van der Waals surface area contributed by atoms with E-state index in [1.807, 2.05) is 71.6 Å². The van der Waals surface area contributed by atoms with E-state index in [0.717, 1.165) is 78.7 Å². The van der Waals surface area contributed by atoms with Gasteiger partial charge in [-0.25, -0.2) is 0 Å². The minimum absolute atomic E-state index is 0. The van der Waals surface area contributed by atoms with Gasteiger partial charge in [-0.05, 0) is 85.9 Å². The van der Waals surface area contributed by atoms with Crippen LogP contribution in [0.1, 0.15) is 67.4 Å². The molecular weight excluding hydrogens is 702 g/mol. The molecule has 0 atom stereocenters. The number of unbranched alkanes of at least 4 members (excludes halogenated alkanes) is 5. The molecule has 0 radical (unpaired) electrons. The predicted molar refractivity (Wildman–Crippen MR) is 203 cm³/mol. The number of hydrogen-bond donors (Lipinski definition) is 1. The van der Waals surface area contributed by atoms with Gasteiger partial charge in [0.25, 0.3) is 0 Å². The molecule has 2 aliphatic carbocycles. The van der Waals surface area contributed by atoms with Crippen LogP contribution in [0.15, 0.2) is 121 Å². The number of carbonyl (C=O) groups is 1. The van der Waals surface area contributed by atoms with Crippen LogP contribution in [0.3, 0.4) is 0 Å². The second kappa shape index (κ2) is 22.5. The van der Waals surface area contributed by atoms with Crippen molar-refractivity contribution >= 4 is 34.0 Å². The Kier molecular flexibility index (Phi) is 17.5. The van der Waals surface area contributed by atoms with Gasteiger partial charge in [-0.2, -0.15) is 0 Å². The number of ether oxygens (including phenoxy) is 2. The third kappa shape index (κ3) is 14.1. The number of benzene rings is 2. The molecule has 0 bridgehead atoms. The van der Waals surface area contributed by atoms with Crippen LogP contribution >= 0.6 is 11.6 Å². The molecule has 0 saturated heterocycles. The van der Waals surface area contributed by atoms with Gasteiger partial charge in [0.2, 0.25) is 0 Å². The van der Waals surface area contributed by atoms with E-state index in [1.165, 1.54) is 12.8 Å². The summed E-state index contributed by atoms with van der Waals surface area (Å²) in [5.41, 5.74) is 4.46. The van der Waals surface area contributed by atoms with E-state index < -0.39 is 0 Å². The zero-order valence-electron chi connectivity index (χ0n) is 28.9. The molecule has 0 fully saturated rings. The maximum Gasteiger partial charge on any atom is 2.00 e. The predicted octanol–water partition coefficient (Wildman–Crippen LogP) is 9.65. The van der Waals surface area contributed by atoms with Crippen molar-refractivity contribution in [2.24, 2.45) is 0 Å². The van der Waals surface area contributed by atoms with Crippen molar-refractivity contribution in [2.45, 2.75) is 64.5 Å². The summed E-state index contributed by atoms with van der Waals surface area (Å²) >= 11 is 6.08.